The molecule has 0 fully saturated rings. The number of anilines is 1. The van der Waals surface area contributed by atoms with Gasteiger partial charge in [0.25, 0.3) is 5.91 Å². The monoisotopic (exact) mass is 349 g/mol. The maximum absolute atomic E-state index is 13.6. The van der Waals surface area contributed by atoms with E-state index in [1.807, 2.05) is 30.3 Å². The third-order valence-corrected chi connectivity index (χ3v) is 3.98. The topological polar surface area (TPSA) is 54.0 Å². The van der Waals surface area contributed by atoms with E-state index in [4.69, 9.17) is 0 Å². The molecule has 3 rings (SSSR count). The molecule has 0 radical (unpaired) electrons. The van der Waals surface area contributed by atoms with Gasteiger partial charge in [-0.3, -0.25) is 9.78 Å². The van der Waals surface area contributed by atoms with Crippen LogP contribution in [0, 0.1) is 5.82 Å². The van der Waals surface area contributed by atoms with Gasteiger partial charge in [0.05, 0.1) is 11.3 Å². The van der Waals surface area contributed by atoms with Crippen molar-refractivity contribution in [2.24, 2.45) is 0 Å². The summed E-state index contributed by atoms with van der Waals surface area (Å²) in [5, 5.41) is 6.06. The lowest BCUT2D eigenvalue weighted by molar-refractivity contribution is 0.0953. The highest BCUT2D eigenvalue weighted by Crippen LogP contribution is 2.11. The molecule has 2 aromatic carbocycles. The van der Waals surface area contributed by atoms with Gasteiger partial charge in [-0.15, -0.1) is 0 Å². The number of hydrogen-bond acceptors (Lipinski definition) is 3. The minimum atomic E-state index is -0.254. The Morgan fingerprint density at radius 3 is 2.58 bits per heavy atom. The van der Waals surface area contributed by atoms with Gasteiger partial charge in [0.15, 0.2) is 0 Å². The maximum atomic E-state index is 13.6. The lowest BCUT2D eigenvalue weighted by Gasteiger charge is -2.09. The first-order chi connectivity index (χ1) is 12.7. The average Bonchev–Trinajstić information content (AvgIpc) is 2.69. The molecule has 132 valence electrons. The second-order valence-electron chi connectivity index (χ2n) is 5.90. The van der Waals surface area contributed by atoms with Crippen LogP contribution in [-0.2, 0) is 13.0 Å². The molecule has 4 nitrogen and oxygen atoms in total. The molecule has 0 atom stereocenters. The molecule has 3 aromatic rings. The molecule has 0 aliphatic carbocycles. The van der Waals surface area contributed by atoms with Crippen LogP contribution in [0.15, 0.2) is 73.1 Å². The number of carbonyl (C=O) groups is 1. The highest BCUT2D eigenvalue weighted by molar-refractivity contribution is 5.94. The summed E-state index contributed by atoms with van der Waals surface area (Å²) in [6, 6.07) is 18.3. The molecule has 0 saturated carbocycles. The van der Waals surface area contributed by atoms with Crippen LogP contribution in [0.1, 0.15) is 21.5 Å². The zero-order valence-electron chi connectivity index (χ0n) is 14.3. The summed E-state index contributed by atoms with van der Waals surface area (Å²) in [6.45, 7) is 1.02. The molecule has 1 amide bonds. The van der Waals surface area contributed by atoms with E-state index < -0.39 is 0 Å². The lowest BCUT2D eigenvalue weighted by Crippen LogP contribution is -2.26. The van der Waals surface area contributed by atoms with Crippen molar-refractivity contribution in [2.45, 2.75) is 13.0 Å². The van der Waals surface area contributed by atoms with Crippen LogP contribution in [0.25, 0.3) is 0 Å². The minimum absolute atomic E-state index is 0.225. The quantitative estimate of drug-likeness (QED) is 0.682. The van der Waals surface area contributed by atoms with E-state index in [-0.39, 0.29) is 11.7 Å². The zero-order valence-corrected chi connectivity index (χ0v) is 14.3. The number of carbonyl (C=O) groups excluding carboxylic acids is 1. The van der Waals surface area contributed by atoms with Crippen molar-refractivity contribution >= 4 is 11.6 Å². The first-order valence-corrected chi connectivity index (χ1v) is 8.47. The van der Waals surface area contributed by atoms with Gasteiger partial charge < -0.3 is 10.6 Å². The fraction of sp³-hybridized carbons (Fsp3) is 0.143. The molecule has 2 N–H and O–H groups in total. The molecule has 0 aliphatic heterocycles. The standard InChI is InChI=1S/C21H20FN3O/c22-20-9-5-4-8-17(20)10-11-24-21(26)18-12-19(15-23-14-18)25-13-16-6-2-1-3-7-16/h1-9,12,14-15,25H,10-11,13H2,(H,24,26). The second-order valence-corrected chi connectivity index (χ2v) is 5.90. The highest BCUT2D eigenvalue weighted by Gasteiger charge is 2.07. The summed E-state index contributed by atoms with van der Waals surface area (Å²) in [7, 11) is 0. The summed E-state index contributed by atoms with van der Waals surface area (Å²) in [5.41, 5.74) is 2.98. The third-order valence-electron chi connectivity index (χ3n) is 3.98. The van der Waals surface area contributed by atoms with Gasteiger partial charge in [-0.05, 0) is 29.7 Å². The van der Waals surface area contributed by atoms with E-state index in [2.05, 4.69) is 15.6 Å². The van der Waals surface area contributed by atoms with Crippen molar-refractivity contribution in [2.75, 3.05) is 11.9 Å². The Morgan fingerprint density at radius 1 is 1.00 bits per heavy atom. The van der Waals surface area contributed by atoms with E-state index in [0.29, 0.717) is 30.6 Å². The smallest absolute Gasteiger partial charge is 0.252 e. The molecule has 0 saturated heterocycles. The van der Waals surface area contributed by atoms with Crippen molar-refractivity contribution in [3.05, 3.63) is 95.6 Å². The second kappa shape index (κ2) is 8.76. The highest BCUT2D eigenvalue weighted by atomic mass is 19.1. The Hall–Kier alpha value is -3.21. The van der Waals surface area contributed by atoms with Crippen molar-refractivity contribution in [3.63, 3.8) is 0 Å². The Labute approximate surface area is 152 Å². The molecule has 26 heavy (non-hydrogen) atoms. The van der Waals surface area contributed by atoms with Crippen LogP contribution in [0.2, 0.25) is 0 Å². The summed E-state index contributed by atoms with van der Waals surface area (Å²) in [5.74, 6) is -0.479. The Bertz CT molecular complexity index is 868. The van der Waals surface area contributed by atoms with Gasteiger partial charge in [-0.2, -0.15) is 0 Å². The third kappa shape index (κ3) is 4.89. The van der Waals surface area contributed by atoms with Gasteiger partial charge >= 0.3 is 0 Å². The average molecular weight is 349 g/mol. The van der Waals surface area contributed by atoms with Crippen LogP contribution in [-0.4, -0.2) is 17.4 Å². The number of amides is 1. The largest absolute Gasteiger partial charge is 0.380 e. The van der Waals surface area contributed by atoms with Gasteiger partial charge in [0.1, 0.15) is 5.82 Å². The molecule has 0 aliphatic rings. The van der Waals surface area contributed by atoms with Gasteiger partial charge in [0.2, 0.25) is 0 Å². The van der Waals surface area contributed by atoms with Crippen LogP contribution in [0.4, 0.5) is 10.1 Å². The Balaban J connectivity index is 1.53. The molecule has 1 aromatic heterocycles. The normalized spacial score (nSPS) is 10.3. The predicted octanol–water partition coefficient (Wildman–Crippen LogP) is 3.81. The van der Waals surface area contributed by atoms with Crippen molar-refractivity contribution in [1.82, 2.24) is 10.3 Å². The lowest BCUT2D eigenvalue weighted by atomic mass is 10.1. The van der Waals surface area contributed by atoms with Gasteiger partial charge in [-0.25, -0.2) is 4.39 Å². The van der Waals surface area contributed by atoms with Crippen LogP contribution in [0.5, 0.6) is 0 Å². The minimum Gasteiger partial charge on any atom is -0.380 e. The van der Waals surface area contributed by atoms with Gasteiger partial charge in [-0.1, -0.05) is 48.5 Å². The van der Waals surface area contributed by atoms with E-state index in [1.165, 1.54) is 12.3 Å². The number of halogens is 1. The number of benzene rings is 2. The number of pyridine rings is 1. The predicted molar refractivity (Wildman–Crippen MR) is 100 cm³/mol. The van der Waals surface area contributed by atoms with Gasteiger partial charge in [0, 0.05) is 25.5 Å². The number of nitrogens with one attached hydrogen (secondary N) is 2. The number of nitrogens with zero attached hydrogens (tertiary/aromatic N) is 1. The fourth-order valence-electron chi connectivity index (χ4n) is 2.57. The first-order valence-electron chi connectivity index (χ1n) is 8.47. The molecule has 5 heteroatoms. The van der Waals surface area contributed by atoms with Crippen LogP contribution >= 0.6 is 0 Å². The Kier molecular flexibility index (Phi) is 5.93. The van der Waals surface area contributed by atoms with Crippen molar-refractivity contribution < 1.29 is 9.18 Å². The molecular formula is C21H20FN3O. The number of aromatic nitrogens is 1. The van der Waals surface area contributed by atoms with Crippen molar-refractivity contribution in [3.8, 4) is 0 Å². The molecule has 0 bridgehead atoms. The van der Waals surface area contributed by atoms with Crippen molar-refractivity contribution in [1.29, 1.82) is 0 Å². The first kappa shape index (κ1) is 17.6. The SMILES string of the molecule is O=C(NCCc1ccccc1F)c1cncc(NCc2ccccc2)c1. The Morgan fingerprint density at radius 2 is 1.77 bits per heavy atom. The zero-order chi connectivity index (χ0) is 18.2. The van der Waals surface area contributed by atoms with E-state index in [9.17, 15) is 9.18 Å². The van der Waals surface area contributed by atoms with E-state index >= 15 is 0 Å². The van der Waals surface area contributed by atoms with Crippen LogP contribution < -0.4 is 10.6 Å². The molecular weight excluding hydrogens is 329 g/mol. The number of hydrogen-bond donors (Lipinski definition) is 2. The van der Waals surface area contributed by atoms with E-state index in [0.717, 1.165) is 11.3 Å². The summed E-state index contributed by atoms with van der Waals surface area (Å²) < 4.78 is 13.6. The number of rotatable bonds is 7. The van der Waals surface area contributed by atoms with Crippen LogP contribution in [0.3, 0.4) is 0 Å². The van der Waals surface area contributed by atoms with E-state index in [1.54, 1.807) is 30.5 Å². The molecule has 1 heterocycles. The summed E-state index contributed by atoms with van der Waals surface area (Å²) >= 11 is 0. The molecule has 0 unspecified atom stereocenters. The maximum Gasteiger partial charge on any atom is 0.252 e. The molecule has 0 spiro atoms. The fourth-order valence-corrected chi connectivity index (χ4v) is 2.57. The summed E-state index contributed by atoms with van der Waals surface area (Å²) in [4.78, 5) is 16.4. The summed E-state index contributed by atoms with van der Waals surface area (Å²) in [6.07, 6.45) is 3.64.